The van der Waals surface area contributed by atoms with Crippen LogP contribution < -0.4 is 10.1 Å². The van der Waals surface area contributed by atoms with E-state index in [2.05, 4.69) is 5.32 Å². The molecule has 4 nitrogen and oxygen atoms in total. The number of benzene rings is 2. The highest BCUT2D eigenvalue weighted by Crippen LogP contribution is 2.24. The summed E-state index contributed by atoms with van der Waals surface area (Å²) in [6, 6.07) is 8.67. The number of phenols is 1. The van der Waals surface area contributed by atoms with Crippen LogP contribution in [0.1, 0.15) is 15.9 Å². The first kappa shape index (κ1) is 13.9. The highest BCUT2D eigenvalue weighted by molar-refractivity contribution is 6.06. The van der Waals surface area contributed by atoms with Gasteiger partial charge in [-0.1, -0.05) is 6.07 Å². The van der Waals surface area contributed by atoms with Crippen molar-refractivity contribution in [2.45, 2.75) is 6.92 Å². The average molecular weight is 275 g/mol. The molecule has 0 aliphatic rings. The van der Waals surface area contributed by atoms with Crippen LogP contribution in [0.3, 0.4) is 0 Å². The van der Waals surface area contributed by atoms with Gasteiger partial charge in [-0.2, -0.15) is 0 Å². The van der Waals surface area contributed by atoms with Crippen LogP contribution in [0.4, 0.5) is 10.1 Å². The summed E-state index contributed by atoms with van der Waals surface area (Å²) in [4.78, 5) is 12.0. The van der Waals surface area contributed by atoms with Crippen LogP contribution in [-0.4, -0.2) is 18.1 Å². The Morgan fingerprint density at radius 2 is 2.00 bits per heavy atom. The van der Waals surface area contributed by atoms with E-state index in [9.17, 15) is 14.3 Å². The molecule has 0 saturated carbocycles. The Labute approximate surface area is 115 Å². The quantitative estimate of drug-likeness (QED) is 0.905. The molecule has 0 aliphatic carbocycles. The fourth-order valence-corrected chi connectivity index (χ4v) is 1.75. The summed E-state index contributed by atoms with van der Waals surface area (Å²) in [5.41, 5.74) is 0.902. The third-order valence-corrected chi connectivity index (χ3v) is 2.82. The molecular formula is C15H14FNO3. The van der Waals surface area contributed by atoms with Crippen LogP contribution in [0.5, 0.6) is 11.5 Å². The number of hydrogen-bond acceptors (Lipinski definition) is 3. The molecule has 0 spiro atoms. The SMILES string of the molecule is COc1ccc(F)c(NC(=O)c2ccc(C)cc2O)c1. The molecule has 0 aliphatic heterocycles. The van der Waals surface area contributed by atoms with Gasteiger partial charge in [-0.15, -0.1) is 0 Å². The maximum Gasteiger partial charge on any atom is 0.259 e. The van der Waals surface area contributed by atoms with Gasteiger partial charge in [-0.3, -0.25) is 4.79 Å². The number of aryl methyl sites for hydroxylation is 1. The van der Waals surface area contributed by atoms with Gasteiger partial charge in [-0.05, 0) is 36.8 Å². The first-order valence-corrected chi connectivity index (χ1v) is 5.96. The number of ether oxygens (including phenoxy) is 1. The Hall–Kier alpha value is -2.56. The minimum Gasteiger partial charge on any atom is -0.507 e. The number of anilines is 1. The van der Waals surface area contributed by atoms with E-state index in [4.69, 9.17) is 4.74 Å². The molecule has 1 amide bonds. The summed E-state index contributed by atoms with van der Waals surface area (Å²) < 4.78 is 18.6. The molecular weight excluding hydrogens is 261 g/mol. The monoisotopic (exact) mass is 275 g/mol. The average Bonchev–Trinajstić information content (AvgIpc) is 2.41. The van der Waals surface area contributed by atoms with Gasteiger partial charge in [0.2, 0.25) is 0 Å². The van der Waals surface area contributed by atoms with Gasteiger partial charge in [-0.25, -0.2) is 4.39 Å². The molecule has 2 aromatic carbocycles. The van der Waals surface area contributed by atoms with E-state index in [0.29, 0.717) is 5.75 Å². The molecule has 0 radical (unpaired) electrons. The van der Waals surface area contributed by atoms with Crippen molar-refractivity contribution in [1.29, 1.82) is 0 Å². The van der Waals surface area contributed by atoms with E-state index in [1.54, 1.807) is 13.0 Å². The zero-order chi connectivity index (χ0) is 14.7. The Kier molecular flexibility index (Phi) is 3.89. The lowest BCUT2D eigenvalue weighted by Gasteiger charge is -2.09. The zero-order valence-corrected chi connectivity index (χ0v) is 11.1. The molecule has 2 rings (SSSR count). The number of phenolic OH excluding ortho intramolecular Hbond substituents is 1. The molecule has 20 heavy (non-hydrogen) atoms. The summed E-state index contributed by atoms with van der Waals surface area (Å²) in [6.07, 6.45) is 0. The van der Waals surface area contributed by atoms with Gasteiger partial charge >= 0.3 is 0 Å². The summed E-state index contributed by atoms with van der Waals surface area (Å²) >= 11 is 0. The lowest BCUT2D eigenvalue weighted by atomic mass is 10.1. The molecule has 0 atom stereocenters. The van der Waals surface area contributed by atoms with Crippen molar-refractivity contribution < 1.29 is 19.0 Å². The van der Waals surface area contributed by atoms with Crippen molar-refractivity contribution in [2.75, 3.05) is 12.4 Å². The van der Waals surface area contributed by atoms with E-state index in [-0.39, 0.29) is 17.0 Å². The van der Waals surface area contributed by atoms with Crippen LogP contribution in [-0.2, 0) is 0 Å². The lowest BCUT2D eigenvalue weighted by molar-refractivity contribution is 0.102. The van der Waals surface area contributed by atoms with Crippen LogP contribution in [0.15, 0.2) is 36.4 Å². The molecule has 0 heterocycles. The van der Waals surface area contributed by atoms with Crippen molar-refractivity contribution in [3.8, 4) is 11.5 Å². The number of rotatable bonds is 3. The summed E-state index contributed by atoms with van der Waals surface area (Å²) in [5.74, 6) is -0.888. The Bertz CT molecular complexity index is 656. The highest BCUT2D eigenvalue weighted by Gasteiger charge is 2.13. The maximum absolute atomic E-state index is 13.6. The summed E-state index contributed by atoms with van der Waals surface area (Å²) in [7, 11) is 1.45. The number of amides is 1. The maximum atomic E-state index is 13.6. The van der Waals surface area contributed by atoms with Gasteiger partial charge in [0.05, 0.1) is 18.4 Å². The van der Waals surface area contributed by atoms with Crippen LogP contribution >= 0.6 is 0 Å². The van der Waals surface area contributed by atoms with Crippen LogP contribution in [0.2, 0.25) is 0 Å². The number of hydrogen-bond donors (Lipinski definition) is 2. The standard InChI is InChI=1S/C15H14FNO3/c1-9-3-5-11(14(18)7-9)15(19)17-13-8-10(20-2)4-6-12(13)16/h3-8,18H,1-2H3,(H,17,19). The summed E-state index contributed by atoms with van der Waals surface area (Å²) in [5, 5.41) is 12.1. The predicted molar refractivity (Wildman–Crippen MR) is 73.7 cm³/mol. The second-order valence-corrected chi connectivity index (χ2v) is 4.32. The van der Waals surface area contributed by atoms with Crippen LogP contribution in [0.25, 0.3) is 0 Å². The summed E-state index contributed by atoms with van der Waals surface area (Å²) in [6.45, 7) is 1.79. The van der Waals surface area contributed by atoms with E-state index in [1.807, 2.05) is 0 Å². The van der Waals surface area contributed by atoms with E-state index in [1.165, 1.54) is 37.4 Å². The first-order chi connectivity index (χ1) is 9.51. The second kappa shape index (κ2) is 5.61. The third kappa shape index (κ3) is 2.88. The number of methoxy groups -OCH3 is 1. The predicted octanol–water partition coefficient (Wildman–Crippen LogP) is 3.10. The zero-order valence-electron chi connectivity index (χ0n) is 11.1. The van der Waals surface area contributed by atoms with E-state index < -0.39 is 11.7 Å². The fraction of sp³-hybridized carbons (Fsp3) is 0.133. The smallest absolute Gasteiger partial charge is 0.259 e. The Balaban J connectivity index is 2.27. The number of carbonyl (C=O) groups excluding carboxylic acids is 1. The fourth-order valence-electron chi connectivity index (χ4n) is 1.75. The normalized spacial score (nSPS) is 10.2. The number of aromatic hydroxyl groups is 1. The van der Waals surface area contributed by atoms with Crippen molar-refractivity contribution in [2.24, 2.45) is 0 Å². The number of halogens is 1. The van der Waals surface area contributed by atoms with Gasteiger partial charge in [0, 0.05) is 6.07 Å². The molecule has 0 unspecified atom stereocenters. The van der Waals surface area contributed by atoms with Gasteiger partial charge in [0.25, 0.3) is 5.91 Å². The lowest BCUT2D eigenvalue weighted by Crippen LogP contribution is -2.13. The molecule has 0 bridgehead atoms. The highest BCUT2D eigenvalue weighted by atomic mass is 19.1. The minimum absolute atomic E-state index is 0.00525. The van der Waals surface area contributed by atoms with Gasteiger partial charge < -0.3 is 15.2 Å². The molecule has 2 aromatic rings. The van der Waals surface area contributed by atoms with Gasteiger partial charge in [0.15, 0.2) is 0 Å². The first-order valence-electron chi connectivity index (χ1n) is 5.96. The third-order valence-electron chi connectivity index (χ3n) is 2.82. The Morgan fingerprint density at radius 1 is 1.25 bits per heavy atom. The molecule has 104 valence electrons. The van der Waals surface area contributed by atoms with Crippen LogP contribution in [0, 0.1) is 12.7 Å². The number of carbonyl (C=O) groups is 1. The van der Waals surface area contributed by atoms with E-state index in [0.717, 1.165) is 5.56 Å². The van der Waals surface area contributed by atoms with Crippen molar-refractivity contribution in [3.63, 3.8) is 0 Å². The molecule has 2 N–H and O–H groups in total. The van der Waals surface area contributed by atoms with E-state index >= 15 is 0 Å². The molecule has 5 heteroatoms. The van der Waals surface area contributed by atoms with Gasteiger partial charge in [0.1, 0.15) is 17.3 Å². The molecule has 0 aromatic heterocycles. The number of nitrogens with one attached hydrogen (secondary N) is 1. The topological polar surface area (TPSA) is 58.6 Å². The van der Waals surface area contributed by atoms with Crippen molar-refractivity contribution >= 4 is 11.6 Å². The largest absolute Gasteiger partial charge is 0.507 e. The second-order valence-electron chi connectivity index (χ2n) is 4.32. The molecule has 0 saturated heterocycles. The molecule has 0 fully saturated rings. The van der Waals surface area contributed by atoms with Crippen molar-refractivity contribution in [3.05, 3.63) is 53.3 Å². The Morgan fingerprint density at radius 3 is 2.65 bits per heavy atom. The minimum atomic E-state index is -0.588. The van der Waals surface area contributed by atoms with Crippen molar-refractivity contribution in [1.82, 2.24) is 0 Å².